The van der Waals surface area contributed by atoms with Crippen LogP contribution in [0, 0.1) is 0 Å². The van der Waals surface area contributed by atoms with Gasteiger partial charge in [-0.1, -0.05) is 19.3 Å². The van der Waals surface area contributed by atoms with E-state index in [4.69, 9.17) is 5.73 Å². The van der Waals surface area contributed by atoms with Crippen LogP contribution < -0.4 is 5.73 Å². The number of rotatable bonds is 5. The van der Waals surface area contributed by atoms with Gasteiger partial charge in [0.25, 0.3) is 0 Å². The highest BCUT2D eigenvalue weighted by Crippen LogP contribution is 2.30. The normalized spacial score (nSPS) is 19.4. The lowest BCUT2D eigenvalue weighted by Crippen LogP contribution is -2.21. The first-order valence-electron chi connectivity index (χ1n) is 6.47. The Balaban J connectivity index is 2.04. The van der Waals surface area contributed by atoms with E-state index >= 15 is 0 Å². The van der Waals surface area contributed by atoms with Gasteiger partial charge in [0.15, 0.2) is 0 Å². The third kappa shape index (κ3) is 3.22. The summed E-state index contributed by atoms with van der Waals surface area (Å²) in [6.07, 6.45) is 11.5. The van der Waals surface area contributed by atoms with Gasteiger partial charge in [0.2, 0.25) is 0 Å². The van der Waals surface area contributed by atoms with Gasteiger partial charge < -0.3 is 10.3 Å². The predicted octanol–water partition coefficient (Wildman–Crippen LogP) is 2.54. The van der Waals surface area contributed by atoms with E-state index in [1.165, 1.54) is 32.1 Å². The Bertz CT molecular complexity index is 333. The Kier molecular flexibility index (Phi) is 4.86. The van der Waals surface area contributed by atoms with Gasteiger partial charge in [-0.15, -0.1) is 10.2 Å². The van der Waals surface area contributed by atoms with Crippen molar-refractivity contribution in [3.63, 3.8) is 0 Å². The van der Waals surface area contributed by atoms with Crippen molar-refractivity contribution in [1.82, 2.24) is 14.8 Å². The van der Waals surface area contributed by atoms with Gasteiger partial charge in [-0.25, -0.2) is 0 Å². The monoisotopic (exact) mass is 254 g/mol. The van der Waals surface area contributed by atoms with Crippen LogP contribution in [0.2, 0.25) is 0 Å². The second-order valence-corrected chi connectivity index (χ2v) is 5.76. The van der Waals surface area contributed by atoms with Crippen LogP contribution in [0.15, 0.2) is 6.33 Å². The lowest BCUT2D eigenvalue weighted by molar-refractivity contribution is 0.339. The number of thioether (sulfide) groups is 1. The van der Waals surface area contributed by atoms with Crippen molar-refractivity contribution >= 4 is 11.8 Å². The lowest BCUT2D eigenvalue weighted by Gasteiger charge is -2.25. The first kappa shape index (κ1) is 12.9. The minimum absolute atomic E-state index is 0.0341. The summed E-state index contributed by atoms with van der Waals surface area (Å²) < 4.78 is 2.23. The van der Waals surface area contributed by atoms with Crippen molar-refractivity contribution in [2.45, 2.75) is 50.6 Å². The van der Waals surface area contributed by atoms with Crippen molar-refractivity contribution in [3.05, 3.63) is 12.2 Å². The van der Waals surface area contributed by atoms with Crippen LogP contribution >= 0.6 is 11.8 Å². The second kappa shape index (κ2) is 6.40. The number of hydrogen-bond donors (Lipinski definition) is 1. The molecule has 0 amide bonds. The van der Waals surface area contributed by atoms with E-state index in [1.807, 2.05) is 18.1 Å². The van der Waals surface area contributed by atoms with E-state index in [9.17, 15) is 0 Å². The molecular weight excluding hydrogens is 232 g/mol. The summed E-state index contributed by atoms with van der Waals surface area (Å²) in [5.41, 5.74) is 6.20. The fourth-order valence-corrected chi connectivity index (χ4v) is 3.02. The first-order chi connectivity index (χ1) is 8.33. The van der Waals surface area contributed by atoms with Gasteiger partial charge in [0.05, 0.1) is 6.04 Å². The molecular formula is C12H22N4S. The molecule has 2 N–H and O–H groups in total. The van der Waals surface area contributed by atoms with E-state index in [-0.39, 0.29) is 6.04 Å². The predicted molar refractivity (Wildman–Crippen MR) is 72.1 cm³/mol. The third-order valence-electron chi connectivity index (χ3n) is 3.53. The molecule has 0 aromatic carbocycles. The van der Waals surface area contributed by atoms with Gasteiger partial charge in [-0.05, 0) is 31.3 Å². The molecule has 0 aliphatic heterocycles. The highest BCUT2D eigenvalue weighted by Gasteiger charge is 2.21. The van der Waals surface area contributed by atoms with Crippen LogP contribution in [-0.2, 0) is 0 Å². The maximum absolute atomic E-state index is 6.20. The molecule has 1 atom stereocenters. The molecule has 0 radical (unpaired) electrons. The van der Waals surface area contributed by atoms with E-state index in [2.05, 4.69) is 21.0 Å². The summed E-state index contributed by atoms with van der Waals surface area (Å²) in [5.74, 6) is 2.06. The van der Waals surface area contributed by atoms with Crippen molar-refractivity contribution in [3.8, 4) is 0 Å². The molecule has 1 aliphatic rings. The van der Waals surface area contributed by atoms with E-state index in [0.717, 1.165) is 18.0 Å². The Morgan fingerprint density at radius 1 is 1.47 bits per heavy atom. The number of aromatic nitrogens is 3. The molecule has 0 unspecified atom stereocenters. The molecule has 0 spiro atoms. The summed E-state index contributed by atoms with van der Waals surface area (Å²) in [6, 6.07) is 0.612. The van der Waals surface area contributed by atoms with Crippen molar-refractivity contribution in [1.29, 1.82) is 0 Å². The topological polar surface area (TPSA) is 56.7 Å². The molecule has 1 fully saturated rings. The third-order valence-corrected chi connectivity index (χ3v) is 4.18. The maximum Gasteiger partial charge on any atom is 0.150 e. The Morgan fingerprint density at radius 3 is 2.94 bits per heavy atom. The zero-order chi connectivity index (χ0) is 12.1. The van der Waals surface area contributed by atoms with E-state index in [1.54, 1.807) is 0 Å². The highest BCUT2D eigenvalue weighted by atomic mass is 32.2. The highest BCUT2D eigenvalue weighted by molar-refractivity contribution is 7.98. The standard InChI is InChI=1S/C12H22N4S/c1-17-8-7-11(13)12-15-14-9-16(12)10-5-3-2-4-6-10/h9-11H,2-8,13H2,1H3/t11-/m0/s1. The number of nitrogens with two attached hydrogens (primary N) is 1. The number of nitrogens with zero attached hydrogens (tertiary/aromatic N) is 3. The van der Waals surface area contributed by atoms with Crippen LogP contribution in [-0.4, -0.2) is 26.8 Å². The molecule has 1 aromatic heterocycles. The minimum atomic E-state index is 0.0341. The number of hydrogen-bond acceptors (Lipinski definition) is 4. The summed E-state index contributed by atoms with van der Waals surface area (Å²) in [4.78, 5) is 0. The van der Waals surface area contributed by atoms with Crippen LogP contribution in [0.1, 0.15) is 56.4 Å². The summed E-state index contributed by atoms with van der Waals surface area (Å²) in [7, 11) is 0. The molecule has 1 heterocycles. The van der Waals surface area contributed by atoms with E-state index in [0.29, 0.717) is 6.04 Å². The van der Waals surface area contributed by atoms with Gasteiger partial charge in [0.1, 0.15) is 12.2 Å². The molecule has 0 bridgehead atoms. The van der Waals surface area contributed by atoms with Gasteiger partial charge in [-0.3, -0.25) is 0 Å². The Hall–Kier alpha value is -0.550. The largest absolute Gasteiger partial charge is 0.321 e. The quantitative estimate of drug-likeness (QED) is 0.877. The Morgan fingerprint density at radius 2 is 2.24 bits per heavy atom. The van der Waals surface area contributed by atoms with Crippen LogP contribution in [0.4, 0.5) is 0 Å². The molecule has 17 heavy (non-hydrogen) atoms. The summed E-state index contributed by atoms with van der Waals surface area (Å²) in [5, 5.41) is 8.28. The smallest absolute Gasteiger partial charge is 0.150 e. The summed E-state index contributed by atoms with van der Waals surface area (Å²) in [6.45, 7) is 0. The first-order valence-corrected chi connectivity index (χ1v) is 7.86. The fourth-order valence-electron chi connectivity index (χ4n) is 2.53. The molecule has 1 saturated carbocycles. The maximum atomic E-state index is 6.20. The SMILES string of the molecule is CSCC[C@H](N)c1nncn1C1CCCCC1. The van der Waals surface area contributed by atoms with Crippen molar-refractivity contribution < 1.29 is 0 Å². The lowest BCUT2D eigenvalue weighted by atomic mass is 9.95. The average Bonchev–Trinajstić information content (AvgIpc) is 2.86. The van der Waals surface area contributed by atoms with Gasteiger partial charge in [0, 0.05) is 6.04 Å². The fraction of sp³-hybridized carbons (Fsp3) is 0.833. The molecule has 2 rings (SSSR count). The molecule has 1 aromatic rings. The molecule has 1 aliphatic carbocycles. The molecule has 96 valence electrons. The van der Waals surface area contributed by atoms with Crippen molar-refractivity contribution in [2.75, 3.05) is 12.0 Å². The van der Waals surface area contributed by atoms with E-state index < -0.39 is 0 Å². The Labute approximate surface area is 107 Å². The average molecular weight is 254 g/mol. The summed E-state index contributed by atoms with van der Waals surface area (Å²) >= 11 is 1.83. The molecule has 0 saturated heterocycles. The van der Waals surface area contributed by atoms with Gasteiger partial charge in [-0.2, -0.15) is 11.8 Å². The minimum Gasteiger partial charge on any atom is -0.321 e. The van der Waals surface area contributed by atoms with Crippen LogP contribution in [0.5, 0.6) is 0 Å². The second-order valence-electron chi connectivity index (χ2n) is 4.78. The van der Waals surface area contributed by atoms with Crippen LogP contribution in [0.25, 0.3) is 0 Å². The van der Waals surface area contributed by atoms with Crippen LogP contribution in [0.3, 0.4) is 0 Å². The van der Waals surface area contributed by atoms with Gasteiger partial charge >= 0.3 is 0 Å². The van der Waals surface area contributed by atoms with Crippen molar-refractivity contribution in [2.24, 2.45) is 5.73 Å². The zero-order valence-electron chi connectivity index (χ0n) is 10.5. The molecule has 4 nitrogen and oxygen atoms in total. The molecule has 5 heteroatoms. The zero-order valence-corrected chi connectivity index (χ0v) is 11.3.